The molecular weight excluding hydrogens is 143 g/mol. The Kier molecular flexibility index (Phi) is 6.26. The van der Waals surface area contributed by atoms with E-state index < -0.39 is 0 Å². The molecule has 0 saturated carbocycles. The van der Waals surface area contributed by atoms with Crippen molar-refractivity contribution in [1.29, 1.82) is 0 Å². The number of hydrogen-bond acceptors (Lipinski definition) is 0. The first-order chi connectivity index (χ1) is 3.91. The van der Waals surface area contributed by atoms with Gasteiger partial charge in [0, 0.05) is 0 Å². The summed E-state index contributed by atoms with van der Waals surface area (Å²) in [6, 6.07) is 0. The van der Waals surface area contributed by atoms with Crippen molar-refractivity contribution in [1.82, 2.24) is 0 Å². The van der Waals surface area contributed by atoms with Crippen LogP contribution in [0.2, 0.25) is 0 Å². The maximum absolute atomic E-state index is 3.89. The van der Waals surface area contributed by atoms with E-state index in [9.17, 15) is 0 Å². The molecule has 0 spiro atoms. The molecule has 8 heavy (non-hydrogen) atoms. The average molecular weight is 151 g/mol. The average Bonchev–Trinajstić information content (AvgIpc) is 1.81. The van der Waals surface area contributed by atoms with Crippen molar-refractivity contribution in [2.45, 2.75) is 0 Å². The molecule has 0 unspecified atom stereocenters. The standard InChI is InChI=1S/C7H8.Co/c1-3-5-7-6-4-2;/h1,3-7H,2H2;/b5-3-,7-6-;. The maximum atomic E-state index is 3.89. The van der Waals surface area contributed by atoms with Gasteiger partial charge in [-0.25, -0.2) is 0 Å². The summed E-state index contributed by atoms with van der Waals surface area (Å²) < 4.78 is 0. The summed E-state index contributed by atoms with van der Waals surface area (Å²) in [4.78, 5) is 1.67. The molecule has 0 aliphatic carbocycles. The fourth-order valence-corrected chi connectivity index (χ4v) is 0.360. The Morgan fingerprint density at radius 2 is 1.62 bits per heavy atom. The predicted octanol–water partition coefficient (Wildman–Crippen LogP) is 1.63. The first-order valence-corrected chi connectivity index (χ1v) is 2.87. The fraction of sp³-hybridized carbons (Fsp3) is 0. The molecule has 0 bridgehead atoms. The van der Waals surface area contributed by atoms with Crippen molar-refractivity contribution >= 4 is 4.96 Å². The number of hydrogen-bond donors (Lipinski definition) is 0. The Morgan fingerprint density at radius 1 is 1.00 bits per heavy atom. The summed E-state index contributed by atoms with van der Waals surface area (Å²) in [5, 5.41) is 0. The van der Waals surface area contributed by atoms with Gasteiger partial charge in [-0.15, -0.1) is 0 Å². The third-order valence-corrected chi connectivity index (χ3v) is 0.734. The molecule has 45 valence electrons. The van der Waals surface area contributed by atoms with Crippen LogP contribution in [-0.2, 0) is 15.3 Å². The van der Waals surface area contributed by atoms with Crippen molar-refractivity contribution in [3.8, 4) is 0 Å². The van der Waals surface area contributed by atoms with Crippen LogP contribution in [0.1, 0.15) is 0 Å². The van der Waals surface area contributed by atoms with Crippen LogP contribution in [0, 0.1) is 0 Å². The molecule has 0 fully saturated rings. The summed E-state index contributed by atoms with van der Waals surface area (Å²) in [7, 11) is 0. The van der Waals surface area contributed by atoms with E-state index in [1.807, 2.05) is 24.3 Å². The van der Waals surface area contributed by atoms with Crippen LogP contribution < -0.4 is 0 Å². The molecule has 0 aliphatic heterocycles. The van der Waals surface area contributed by atoms with Crippen LogP contribution in [0.25, 0.3) is 0 Å². The zero-order chi connectivity index (χ0) is 6.24. The van der Waals surface area contributed by atoms with E-state index in [4.69, 9.17) is 0 Å². The first-order valence-electron chi connectivity index (χ1n) is 2.27. The Labute approximate surface area is 57.7 Å². The molecule has 1 heteroatoms. The summed E-state index contributed by atoms with van der Waals surface area (Å²) in [5.74, 6) is 0. The van der Waals surface area contributed by atoms with Crippen LogP contribution in [0.5, 0.6) is 0 Å². The van der Waals surface area contributed by atoms with Crippen molar-refractivity contribution in [2.24, 2.45) is 0 Å². The van der Waals surface area contributed by atoms with Crippen LogP contribution in [0.15, 0.2) is 37.0 Å². The quantitative estimate of drug-likeness (QED) is 0.538. The Hall–Kier alpha value is -0.404. The van der Waals surface area contributed by atoms with Crippen molar-refractivity contribution in [3.05, 3.63) is 37.0 Å². The normalized spacial score (nSPS) is 10.6. The van der Waals surface area contributed by atoms with E-state index in [2.05, 4.69) is 21.9 Å². The van der Waals surface area contributed by atoms with Gasteiger partial charge in [0.25, 0.3) is 0 Å². The molecular formula is C7H8Co. The predicted molar refractivity (Wildman–Crippen MR) is 34.5 cm³/mol. The van der Waals surface area contributed by atoms with Crippen molar-refractivity contribution in [3.63, 3.8) is 0 Å². The van der Waals surface area contributed by atoms with E-state index in [0.717, 1.165) is 0 Å². The molecule has 0 atom stereocenters. The second kappa shape index (κ2) is 6.60. The van der Waals surface area contributed by atoms with E-state index in [1.54, 1.807) is 11.0 Å². The van der Waals surface area contributed by atoms with Gasteiger partial charge in [0.1, 0.15) is 0 Å². The minimum atomic E-state index is 1.67. The monoisotopic (exact) mass is 151 g/mol. The van der Waals surface area contributed by atoms with Crippen molar-refractivity contribution < 1.29 is 15.3 Å². The topological polar surface area (TPSA) is 0 Å². The van der Waals surface area contributed by atoms with Crippen LogP contribution in [0.4, 0.5) is 0 Å². The van der Waals surface area contributed by atoms with Crippen molar-refractivity contribution in [2.75, 3.05) is 0 Å². The second-order valence-corrected chi connectivity index (χ2v) is 1.46. The van der Waals surface area contributed by atoms with Gasteiger partial charge in [0.2, 0.25) is 0 Å². The Bertz CT molecular complexity index is 104. The molecule has 0 saturated heterocycles. The first kappa shape index (κ1) is 7.60. The number of rotatable bonds is 3. The van der Waals surface area contributed by atoms with E-state index in [1.165, 1.54) is 0 Å². The van der Waals surface area contributed by atoms with Gasteiger partial charge in [-0.2, -0.15) is 0 Å². The minimum absolute atomic E-state index is 1.67. The van der Waals surface area contributed by atoms with Crippen LogP contribution >= 0.6 is 0 Å². The Balaban J connectivity index is 3.41. The number of allylic oxidation sites excluding steroid dienone is 5. The fourth-order valence-electron chi connectivity index (χ4n) is 0.244. The van der Waals surface area contributed by atoms with Gasteiger partial charge in [-0.05, 0) is 0 Å². The molecule has 0 aromatic carbocycles. The van der Waals surface area contributed by atoms with E-state index in [0.29, 0.717) is 0 Å². The molecule has 0 aromatic rings. The van der Waals surface area contributed by atoms with E-state index >= 15 is 0 Å². The Morgan fingerprint density at radius 3 is 2.12 bits per heavy atom. The molecule has 0 amide bonds. The zero-order valence-electron chi connectivity index (χ0n) is 4.50. The van der Waals surface area contributed by atoms with E-state index in [-0.39, 0.29) is 0 Å². The molecule has 0 nitrogen and oxygen atoms in total. The molecule has 0 rings (SSSR count). The third kappa shape index (κ3) is 5.60. The molecule has 0 radical (unpaired) electrons. The third-order valence-electron chi connectivity index (χ3n) is 0.534. The second-order valence-electron chi connectivity index (χ2n) is 1.12. The summed E-state index contributed by atoms with van der Waals surface area (Å²) in [6.07, 6.45) is 9.18. The summed E-state index contributed by atoms with van der Waals surface area (Å²) in [6.45, 7) is 3.51. The van der Waals surface area contributed by atoms with Crippen LogP contribution in [0.3, 0.4) is 0 Å². The van der Waals surface area contributed by atoms with Gasteiger partial charge in [-0.3, -0.25) is 0 Å². The van der Waals surface area contributed by atoms with Gasteiger partial charge >= 0.3 is 57.2 Å². The summed E-state index contributed by atoms with van der Waals surface area (Å²) >= 11 is 3.89. The van der Waals surface area contributed by atoms with Gasteiger partial charge in [0.05, 0.1) is 0 Å². The van der Waals surface area contributed by atoms with Gasteiger partial charge in [-0.1, -0.05) is 0 Å². The van der Waals surface area contributed by atoms with Gasteiger partial charge < -0.3 is 0 Å². The molecule has 0 aromatic heterocycles. The SMILES string of the molecule is C=C/C=C\C=C/[CH]=[Co]. The molecule has 0 aliphatic rings. The van der Waals surface area contributed by atoms with Crippen LogP contribution in [-0.4, -0.2) is 4.96 Å². The molecule has 0 heterocycles. The summed E-state index contributed by atoms with van der Waals surface area (Å²) in [5.41, 5.74) is 0. The molecule has 0 N–H and O–H groups in total. The zero-order valence-corrected chi connectivity index (χ0v) is 5.55. The van der Waals surface area contributed by atoms with Gasteiger partial charge in [0.15, 0.2) is 0 Å².